The van der Waals surface area contributed by atoms with Crippen LogP contribution in [0.4, 0.5) is 18.0 Å². The number of carboxylic acid groups (broad SMARTS) is 1. The molecule has 0 bridgehead atoms. The van der Waals surface area contributed by atoms with Crippen molar-refractivity contribution in [1.82, 2.24) is 10.2 Å². The van der Waals surface area contributed by atoms with Crippen LogP contribution in [0.3, 0.4) is 0 Å². The quantitative estimate of drug-likeness (QED) is 0.855. The number of hydrogen-bond donors (Lipinski definition) is 2. The summed E-state index contributed by atoms with van der Waals surface area (Å²) in [7, 11) is 0. The fourth-order valence-corrected chi connectivity index (χ4v) is 1.26. The first-order chi connectivity index (χ1) is 8.78. The number of carbonyl (C=O) groups excluding carboxylic acids is 1. The molecule has 0 aliphatic rings. The minimum atomic E-state index is -4.66. The molecule has 9 heteroatoms. The summed E-state index contributed by atoms with van der Waals surface area (Å²) >= 11 is 0. The second kappa shape index (κ2) is 6.12. The predicted molar refractivity (Wildman–Crippen MR) is 56.2 cm³/mol. The van der Waals surface area contributed by atoms with Crippen LogP contribution in [0.25, 0.3) is 0 Å². The van der Waals surface area contributed by atoms with Crippen molar-refractivity contribution in [2.45, 2.75) is 12.7 Å². The Morgan fingerprint density at radius 1 is 1.42 bits per heavy atom. The van der Waals surface area contributed by atoms with Gasteiger partial charge in [0.15, 0.2) is 0 Å². The lowest BCUT2D eigenvalue weighted by atomic mass is 10.3. The van der Waals surface area contributed by atoms with Gasteiger partial charge in [0, 0.05) is 12.1 Å². The zero-order valence-electron chi connectivity index (χ0n) is 9.61. The summed E-state index contributed by atoms with van der Waals surface area (Å²) in [5.41, 5.74) is 0.552. The first kappa shape index (κ1) is 14.9. The van der Waals surface area contributed by atoms with Crippen LogP contribution in [0.5, 0.6) is 0 Å². The maximum Gasteiger partial charge on any atom is 0.406 e. The number of nitrogens with zero attached hydrogens (tertiary/aromatic N) is 1. The minimum absolute atomic E-state index is 0.0523. The number of halogens is 3. The van der Waals surface area contributed by atoms with E-state index in [1.54, 1.807) is 0 Å². The summed E-state index contributed by atoms with van der Waals surface area (Å²) in [6.45, 7) is -2.71. The number of carbonyl (C=O) groups is 2. The molecule has 0 radical (unpaired) electrons. The van der Waals surface area contributed by atoms with Gasteiger partial charge < -0.3 is 19.7 Å². The van der Waals surface area contributed by atoms with Crippen LogP contribution >= 0.6 is 0 Å². The number of alkyl halides is 3. The fourth-order valence-electron chi connectivity index (χ4n) is 1.26. The zero-order chi connectivity index (χ0) is 14.5. The summed E-state index contributed by atoms with van der Waals surface area (Å²) in [5, 5.41) is 10.7. The summed E-state index contributed by atoms with van der Waals surface area (Å²) in [6, 6.07) is 0.409. The monoisotopic (exact) mass is 280 g/mol. The SMILES string of the molecule is O=C(O)CN(CC(F)(F)F)C(=O)NCc1ccoc1. The number of hydrogen-bond acceptors (Lipinski definition) is 3. The highest BCUT2D eigenvalue weighted by Crippen LogP contribution is 2.16. The fraction of sp³-hybridized carbons (Fsp3) is 0.400. The van der Waals surface area contributed by atoms with Gasteiger partial charge in [-0.1, -0.05) is 0 Å². The van der Waals surface area contributed by atoms with Crippen molar-refractivity contribution in [3.8, 4) is 0 Å². The molecule has 1 aromatic heterocycles. The Balaban J connectivity index is 2.57. The molecule has 0 atom stereocenters. The van der Waals surface area contributed by atoms with Crippen LogP contribution < -0.4 is 5.32 Å². The lowest BCUT2D eigenvalue weighted by Gasteiger charge is -2.22. The Morgan fingerprint density at radius 3 is 2.58 bits per heavy atom. The van der Waals surface area contributed by atoms with Gasteiger partial charge in [0.2, 0.25) is 0 Å². The minimum Gasteiger partial charge on any atom is -0.480 e. The van der Waals surface area contributed by atoms with E-state index < -0.39 is 31.3 Å². The molecule has 2 amide bonds. The van der Waals surface area contributed by atoms with E-state index in [1.807, 2.05) is 0 Å². The Morgan fingerprint density at radius 2 is 2.11 bits per heavy atom. The zero-order valence-corrected chi connectivity index (χ0v) is 9.61. The highest BCUT2D eigenvalue weighted by atomic mass is 19.4. The topological polar surface area (TPSA) is 82.8 Å². The molecule has 0 fully saturated rings. The molecule has 1 aromatic rings. The molecular weight excluding hydrogens is 269 g/mol. The maximum absolute atomic E-state index is 12.2. The third kappa shape index (κ3) is 5.80. The van der Waals surface area contributed by atoms with Gasteiger partial charge in [-0.3, -0.25) is 4.79 Å². The van der Waals surface area contributed by atoms with Gasteiger partial charge in [-0.2, -0.15) is 13.2 Å². The number of amides is 2. The average molecular weight is 280 g/mol. The second-order valence-electron chi connectivity index (χ2n) is 3.66. The molecule has 2 N–H and O–H groups in total. The van der Waals surface area contributed by atoms with Crippen LogP contribution in [0.1, 0.15) is 5.56 Å². The number of nitrogens with one attached hydrogen (secondary N) is 1. The summed E-state index contributed by atoms with van der Waals surface area (Å²) in [5.74, 6) is -1.53. The van der Waals surface area contributed by atoms with Crippen molar-refractivity contribution in [3.05, 3.63) is 24.2 Å². The largest absolute Gasteiger partial charge is 0.480 e. The van der Waals surface area contributed by atoms with Crippen LogP contribution in [-0.2, 0) is 11.3 Å². The van der Waals surface area contributed by atoms with E-state index in [2.05, 4.69) is 5.32 Å². The van der Waals surface area contributed by atoms with Crippen molar-refractivity contribution in [1.29, 1.82) is 0 Å². The molecular formula is C10H11F3N2O4. The van der Waals surface area contributed by atoms with Crippen molar-refractivity contribution < 1.29 is 32.3 Å². The van der Waals surface area contributed by atoms with Crippen molar-refractivity contribution >= 4 is 12.0 Å². The molecule has 0 aliphatic heterocycles. The van der Waals surface area contributed by atoms with Crippen molar-refractivity contribution in [2.24, 2.45) is 0 Å². The van der Waals surface area contributed by atoms with E-state index in [-0.39, 0.29) is 11.4 Å². The van der Waals surface area contributed by atoms with E-state index in [0.29, 0.717) is 5.56 Å². The van der Waals surface area contributed by atoms with E-state index in [1.165, 1.54) is 18.6 Å². The van der Waals surface area contributed by atoms with E-state index >= 15 is 0 Å². The standard InChI is InChI=1S/C10H11F3N2O4/c11-10(12,13)6-15(4-8(16)17)9(18)14-3-7-1-2-19-5-7/h1-2,5H,3-4,6H2,(H,14,18)(H,16,17). The van der Waals surface area contributed by atoms with Gasteiger partial charge in [-0.05, 0) is 6.07 Å². The lowest BCUT2D eigenvalue weighted by molar-refractivity contribution is -0.148. The molecule has 0 spiro atoms. The van der Waals surface area contributed by atoms with Gasteiger partial charge in [0.05, 0.1) is 12.5 Å². The van der Waals surface area contributed by atoms with Crippen LogP contribution in [0, 0.1) is 0 Å². The third-order valence-electron chi connectivity index (χ3n) is 2.01. The number of furan rings is 1. The predicted octanol–water partition coefficient (Wildman–Crippen LogP) is 1.44. The Hall–Kier alpha value is -2.19. The van der Waals surface area contributed by atoms with Crippen LogP contribution in [0.2, 0.25) is 0 Å². The summed E-state index contributed by atoms with van der Waals surface area (Å²) in [6.07, 6.45) is -2.01. The maximum atomic E-state index is 12.2. The van der Waals surface area contributed by atoms with E-state index in [0.717, 1.165) is 0 Å². The van der Waals surface area contributed by atoms with Crippen LogP contribution in [0.15, 0.2) is 23.0 Å². The van der Waals surface area contributed by atoms with Gasteiger partial charge in [-0.25, -0.2) is 4.79 Å². The molecule has 0 saturated carbocycles. The Kier molecular flexibility index (Phi) is 4.79. The molecule has 106 valence electrons. The number of carboxylic acids is 1. The highest BCUT2D eigenvalue weighted by Gasteiger charge is 2.33. The van der Waals surface area contributed by atoms with E-state index in [4.69, 9.17) is 9.52 Å². The molecule has 0 unspecified atom stereocenters. The Labute approximate surface area is 105 Å². The van der Waals surface area contributed by atoms with Gasteiger partial charge in [-0.15, -0.1) is 0 Å². The normalized spacial score (nSPS) is 11.1. The van der Waals surface area contributed by atoms with Crippen LogP contribution in [-0.4, -0.2) is 41.3 Å². The molecule has 1 heterocycles. The van der Waals surface area contributed by atoms with E-state index in [9.17, 15) is 22.8 Å². The lowest BCUT2D eigenvalue weighted by Crippen LogP contribution is -2.46. The van der Waals surface area contributed by atoms with Gasteiger partial charge >= 0.3 is 18.2 Å². The van der Waals surface area contributed by atoms with Gasteiger partial charge in [0.1, 0.15) is 13.1 Å². The summed E-state index contributed by atoms with van der Waals surface area (Å²) < 4.78 is 41.3. The van der Waals surface area contributed by atoms with Gasteiger partial charge in [0.25, 0.3) is 0 Å². The molecule has 1 rings (SSSR count). The van der Waals surface area contributed by atoms with Crippen molar-refractivity contribution in [3.63, 3.8) is 0 Å². The second-order valence-corrected chi connectivity index (χ2v) is 3.66. The summed E-state index contributed by atoms with van der Waals surface area (Å²) in [4.78, 5) is 22.1. The third-order valence-corrected chi connectivity index (χ3v) is 2.01. The highest BCUT2D eigenvalue weighted by molar-refractivity contribution is 5.80. The Bertz CT molecular complexity index is 430. The first-order valence-electron chi connectivity index (χ1n) is 5.10. The number of aliphatic carboxylic acids is 1. The number of rotatable bonds is 5. The molecule has 19 heavy (non-hydrogen) atoms. The molecule has 6 nitrogen and oxygen atoms in total. The molecule has 0 aliphatic carbocycles. The smallest absolute Gasteiger partial charge is 0.406 e. The average Bonchev–Trinajstić information content (AvgIpc) is 2.75. The first-order valence-corrected chi connectivity index (χ1v) is 5.10. The van der Waals surface area contributed by atoms with Crippen molar-refractivity contribution in [2.75, 3.05) is 13.1 Å². The number of urea groups is 1. The molecule has 0 saturated heterocycles. The molecule has 0 aromatic carbocycles.